The van der Waals surface area contributed by atoms with Gasteiger partial charge in [-0.1, -0.05) is 0 Å². The van der Waals surface area contributed by atoms with Crippen molar-refractivity contribution in [3.8, 4) is 0 Å². The summed E-state index contributed by atoms with van der Waals surface area (Å²) < 4.78 is 0. The molecule has 1 aliphatic heterocycles. The summed E-state index contributed by atoms with van der Waals surface area (Å²) in [6.45, 7) is 3.07. The number of rotatable bonds is 4. The van der Waals surface area contributed by atoms with Gasteiger partial charge in [-0.05, 0) is 39.6 Å². The lowest BCUT2D eigenvalue weighted by Crippen LogP contribution is -2.38. The molecule has 0 bridgehead atoms. The number of aromatic carboxylic acids is 1. The van der Waals surface area contributed by atoms with Crippen molar-refractivity contribution < 1.29 is 15.0 Å². The second kappa shape index (κ2) is 5.76. The first-order chi connectivity index (χ1) is 9.38. The molecule has 2 heterocycles. The van der Waals surface area contributed by atoms with Crippen LogP contribution in [-0.4, -0.2) is 65.4 Å². The molecule has 1 aromatic rings. The number of aliphatic hydroxyl groups is 1. The minimum absolute atomic E-state index is 0.197. The molecule has 0 spiro atoms. The number of carboxylic acids is 1. The van der Waals surface area contributed by atoms with E-state index in [1.165, 1.54) is 0 Å². The Hall–Kier alpha value is -1.66. The maximum absolute atomic E-state index is 11.0. The molecule has 1 fully saturated rings. The molecule has 1 aromatic heterocycles. The highest BCUT2D eigenvalue weighted by Crippen LogP contribution is 2.25. The topological polar surface area (TPSA) is 76.9 Å². The van der Waals surface area contributed by atoms with Gasteiger partial charge in [0.25, 0.3) is 0 Å². The summed E-state index contributed by atoms with van der Waals surface area (Å²) in [6, 6.07) is 3.50. The van der Waals surface area contributed by atoms with Gasteiger partial charge in [-0.15, -0.1) is 0 Å². The fraction of sp³-hybridized carbons (Fsp3) is 0.571. The van der Waals surface area contributed by atoms with Crippen molar-refractivity contribution in [2.45, 2.75) is 25.5 Å². The number of aliphatic hydroxyl groups excluding tert-OH is 1. The summed E-state index contributed by atoms with van der Waals surface area (Å²) in [5, 5.41) is 18.9. The third-order valence-corrected chi connectivity index (χ3v) is 3.56. The van der Waals surface area contributed by atoms with Crippen LogP contribution in [-0.2, 0) is 0 Å². The van der Waals surface area contributed by atoms with Gasteiger partial charge in [-0.25, -0.2) is 9.78 Å². The maximum atomic E-state index is 11.0. The lowest BCUT2D eigenvalue weighted by molar-refractivity contribution is 0.0695. The van der Waals surface area contributed by atoms with Crippen LogP contribution in [0.25, 0.3) is 0 Å². The summed E-state index contributed by atoms with van der Waals surface area (Å²) in [5.41, 5.74) is 0.720. The summed E-state index contributed by atoms with van der Waals surface area (Å²) in [6.07, 6.45) is 0.348. The van der Waals surface area contributed by atoms with E-state index in [1.807, 2.05) is 14.1 Å². The van der Waals surface area contributed by atoms with Gasteiger partial charge in [0.2, 0.25) is 0 Å². The number of carboxylic acid groups (broad SMARTS) is 1. The third-order valence-electron chi connectivity index (χ3n) is 3.56. The number of anilines is 1. The van der Waals surface area contributed by atoms with Crippen LogP contribution in [0, 0.1) is 6.92 Å². The molecule has 0 aromatic carbocycles. The van der Waals surface area contributed by atoms with E-state index in [0.29, 0.717) is 18.7 Å². The van der Waals surface area contributed by atoms with Crippen LogP contribution in [0.3, 0.4) is 0 Å². The summed E-state index contributed by atoms with van der Waals surface area (Å²) in [4.78, 5) is 19.5. The molecule has 0 radical (unpaired) electrons. The molecule has 6 heteroatoms. The van der Waals surface area contributed by atoms with Crippen molar-refractivity contribution in [1.29, 1.82) is 0 Å². The number of likely N-dealkylation sites (N-methyl/N-ethyl adjacent to an activating group) is 1. The van der Waals surface area contributed by atoms with Gasteiger partial charge in [0.15, 0.2) is 0 Å². The normalized spacial score (nSPS) is 22.6. The Bertz CT molecular complexity index is 504. The van der Waals surface area contributed by atoms with E-state index in [-0.39, 0.29) is 17.7 Å². The van der Waals surface area contributed by atoms with Gasteiger partial charge < -0.3 is 20.0 Å². The number of aryl methyl sites for hydroxylation is 1. The van der Waals surface area contributed by atoms with E-state index in [2.05, 4.69) is 14.8 Å². The van der Waals surface area contributed by atoms with Gasteiger partial charge in [-0.2, -0.15) is 0 Å². The fourth-order valence-corrected chi connectivity index (χ4v) is 2.70. The standard InChI is InChI=1S/C14H21N3O3/c1-9-12(14(19)20)4-5-13(15-9)17-8-11(18)6-10(17)7-16(2)3/h4-5,10-11,18H,6-8H2,1-3H3,(H,19,20). The Balaban J connectivity index is 2.25. The van der Waals surface area contributed by atoms with Crippen LogP contribution in [0.15, 0.2) is 12.1 Å². The van der Waals surface area contributed by atoms with Crippen LogP contribution in [0.5, 0.6) is 0 Å². The average Bonchev–Trinajstić information content (AvgIpc) is 2.68. The number of pyridine rings is 1. The second-order valence-corrected chi connectivity index (χ2v) is 5.57. The zero-order valence-corrected chi connectivity index (χ0v) is 12.1. The lowest BCUT2D eigenvalue weighted by atomic mass is 10.2. The molecule has 2 unspecified atom stereocenters. The van der Waals surface area contributed by atoms with Crippen molar-refractivity contribution in [3.63, 3.8) is 0 Å². The molecule has 20 heavy (non-hydrogen) atoms. The molecule has 2 N–H and O–H groups in total. The third kappa shape index (κ3) is 3.08. The number of carbonyl (C=O) groups is 1. The quantitative estimate of drug-likeness (QED) is 0.840. The van der Waals surface area contributed by atoms with Crippen molar-refractivity contribution in [3.05, 3.63) is 23.4 Å². The van der Waals surface area contributed by atoms with E-state index in [9.17, 15) is 9.90 Å². The summed E-state index contributed by atoms with van der Waals surface area (Å²) in [5.74, 6) is -0.233. The van der Waals surface area contributed by atoms with Crippen LogP contribution in [0.4, 0.5) is 5.82 Å². The highest BCUT2D eigenvalue weighted by Gasteiger charge is 2.32. The Labute approximate surface area is 118 Å². The fourth-order valence-electron chi connectivity index (χ4n) is 2.70. The monoisotopic (exact) mass is 279 g/mol. The molecular weight excluding hydrogens is 258 g/mol. The minimum Gasteiger partial charge on any atom is -0.478 e. The van der Waals surface area contributed by atoms with Gasteiger partial charge in [0, 0.05) is 19.1 Å². The Morgan fingerprint density at radius 1 is 1.50 bits per heavy atom. The summed E-state index contributed by atoms with van der Waals surface area (Å²) >= 11 is 0. The SMILES string of the molecule is Cc1nc(N2CC(O)CC2CN(C)C)ccc1C(=O)O. The smallest absolute Gasteiger partial charge is 0.337 e. The number of nitrogens with zero attached hydrogens (tertiary/aromatic N) is 3. The Kier molecular flexibility index (Phi) is 4.25. The first-order valence-corrected chi connectivity index (χ1v) is 6.69. The number of aromatic nitrogens is 1. The second-order valence-electron chi connectivity index (χ2n) is 5.57. The van der Waals surface area contributed by atoms with Gasteiger partial charge in [0.1, 0.15) is 5.82 Å². The van der Waals surface area contributed by atoms with E-state index in [4.69, 9.17) is 5.11 Å². The van der Waals surface area contributed by atoms with E-state index < -0.39 is 5.97 Å². The predicted octanol–water partition coefficient (Wildman–Crippen LogP) is 0.589. The first-order valence-electron chi connectivity index (χ1n) is 6.69. The number of hydrogen-bond donors (Lipinski definition) is 2. The largest absolute Gasteiger partial charge is 0.478 e. The maximum Gasteiger partial charge on any atom is 0.337 e. The van der Waals surface area contributed by atoms with Gasteiger partial charge >= 0.3 is 5.97 Å². The molecule has 110 valence electrons. The van der Waals surface area contributed by atoms with Crippen LogP contribution in [0.1, 0.15) is 22.5 Å². The van der Waals surface area contributed by atoms with E-state index >= 15 is 0 Å². The van der Waals surface area contributed by atoms with Crippen molar-refractivity contribution in [2.24, 2.45) is 0 Å². The highest BCUT2D eigenvalue weighted by molar-refractivity contribution is 5.89. The zero-order chi connectivity index (χ0) is 14.9. The Morgan fingerprint density at radius 3 is 2.75 bits per heavy atom. The van der Waals surface area contributed by atoms with Crippen molar-refractivity contribution in [1.82, 2.24) is 9.88 Å². The minimum atomic E-state index is -0.965. The zero-order valence-electron chi connectivity index (χ0n) is 12.1. The van der Waals surface area contributed by atoms with Crippen LogP contribution in [0.2, 0.25) is 0 Å². The van der Waals surface area contributed by atoms with Gasteiger partial charge in [0.05, 0.1) is 17.4 Å². The van der Waals surface area contributed by atoms with E-state index in [0.717, 1.165) is 12.4 Å². The molecule has 1 aliphatic rings. The van der Waals surface area contributed by atoms with Crippen LogP contribution >= 0.6 is 0 Å². The molecule has 6 nitrogen and oxygen atoms in total. The molecule has 0 aliphatic carbocycles. The molecule has 0 saturated carbocycles. The molecular formula is C14H21N3O3. The molecule has 2 rings (SSSR count). The average molecular weight is 279 g/mol. The molecule has 2 atom stereocenters. The van der Waals surface area contributed by atoms with Crippen molar-refractivity contribution >= 4 is 11.8 Å². The molecule has 0 amide bonds. The van der Waals surface area contributed by atoms with Crippen LogP contribution < -0.4 is 4.90 Å². The number of β-amino-alcohol motifs (C(OH)–C–C–N with tert-alkyl or cyclic N) is 1. The highest BCUT2D eigenvalue weighted by atomic mass is 16.4. The first kappa shape index (κ1) is 14.7. The van der Waals surface area contributed by atoms with Crippen molar-refractivity contribution in [2.75, 3.05) is 32.1 Å². The predicted molar refractivity (Wildman–Crippen MR) is 76.2 cm³/mol. The van der Waals surface area contributed by atoms with E-state index in [1.54, 1.807) is 19.1 Å². The number of hydrogen-bond acceptors (Lipinski definition) is 5. The van der Waals surface area contributed by atoms with Gasteiger partial charge in [-0.3, -0.25) is 0 Å². The molecule has 1 saturated heterocycles. The summed E-state index contributed by atoms with van der Waals surface area (Å²) in [7, 11) is 3.99. The Morgan fingerprint density at radius 2 is 2.20 bits per heavy atom. The lowest BCUT2D eigenvalue weighted by Gasteiger charge is -2.28.